The standard InChI is InChI=1S/C32H27N5O4S/c1-40-29-14-8-6-12-26(29)35-30(38)20-41-28-13-7-5-9-24(28)19-33-37-31(39)23-17-15-22(16-18-23)27-21-42-32(36-27)34-25-10-3-2-4-11-25/h2-19,21H,20H2,1H3,(H,34,36)(H,35,38)(H,37,39)/b33-19+. The first-order chi connectivity index (χ1) is 20.6. The normalized spacial score (nSPS) is 10.7. The molecule has 0 unspecified atom stereocenters. The third-order valence-corrected chi connectivity index (χ3v) is 6.76. The first-order valence-electron chi connectivity index (χ1n) is 12.9. The van der Waals surface area contributed by atoms with Gasteiger partial charge in [-0.15, -0.1) is 11.3 Å². The van der Waals surface area contributed by atoms with E-state index in [-0.39, 0.29) is 18.4 Å². The molecule has 5 rings (SSSR count). The Morgan fingerprint density at radius 1 is 0.881 bits per heavy atom. The van der Waals surface area contributed by atoms with Crippen LogP contribution >= 0.6 is 11.3 Å². The summed E-state index contributed by atoms with van der Waals surface area (Å²) in [7, 11) is 1.54. The van der Waals surface area contributed by atoms with Crippen molar-refractivity contribution in [1.29, 1.82) is 0 Å². The number of amides is 2. The van der Waals surface area contributed by atoms with Gasteiger partial charge in [0.1, 0.15) is 11.5 Å². The number of hydrazone groups is 1. The monoisotopic (exact) mass is 577 g/mol. The maximum Gasteiger partial charge on any atom is 0.271 e. The lowest BCUT2D eigenvalue weighted by Crippen LogP contribution is -2.21. The van der Waals surface area contributed by atoms with Gasteiger partial charge in [0.05, 0.1) is 24.7 Å². The van der Waals surface area contributed by atoms with Crippen molar-refractivity contribution in [2.24, 2.45) is 5.10 Å². The largest absolute Gasteiger partial charge is 0.495 e. The van der Waals surface area contributed by atoms with E-state index in [4.69, 9.17) is 9.47 Å². The average molecular weight is 578 g/mol. The van der Waals surface area contributed by atoms with Crippen LogP contribution in [0.2, 0.25) is 0 Å². The van der Waals surface area contributed by atoms with Crippen LogP contribution in [0.1, 0.15) is 15.9 Å². The number of thiazole rings is 1. The molecule has 0 bridgehead atoms. The van der Waals surface area contributed by atoms with Crippen molar-refractivity contribution in [1.82, 2.24) is 10.4 Å². The lowest BCUT2D eigenvalue weighted by Gasteiger charge is -2.11. The molecular weight excluding hydrogens is 550 g/mol. The SMILES string of the molecule is COc1ccccc1NC(=O)COc1ccccc1/C=N/NC(=O)c1ccc(-c2csc(Nc3ccccc3)n2)cc1. The van der Waals surface area contributed by atoms with E-state index >= 15 is 0 Å². The number of nitrogens with zero attached hydrogens (tertiary/aromatic N) is 2. The van der Waals surface area contributed by atoms with Gasteiger partial charge >= 0.3 is 0 Å². The van der Waals surface area contributed by atoms with Crippen LogP contribution in [0.25, 0.3) is 11.3 Å². The van der Waals surface area contributed by atoms with E-state index < -0.39 is 0 Å². The first-order valence-corrected chi connectivity index (χ1v) is 13.8. The summed E-state index contributed by atoms with van der Waals surface area (Å²) in [4.78, 5) is 29.7. The maximum absolute atomic E-state index is 12.7. The Morgan fingerprint density at radius 3 is 2.38 bits per heavy atom. The van der Waals surface area contributed by atoms with Crippen molar-refractivity contribution >= 4 is 45.9 Å². The number of nitrogens with one attached hydrogen (secondary N) is 3. The second kappa shape index (κ2) is 13.7. The van der Waals surface area contributed by atoms with Gasteiger partial charge in [-0.1, -0.05) is 54.6 Å². The second-order valence-electron chi connectivity index (χ2n) is 8.88. The molecule has 0 spiro atoms. The topological polar surface area (TPSA) is 114 Å². The number of aromatic nitrogens is 1. The summed E-state index contributed by atoms with van der Waals surface area (Å²) in [6.07, 6.45) is 1.47. The minimum atomic E-state index is -0.364. The fourth-order valence-electron chi connectivity index (χ4n) is 3.92. The number of rotatable bonds is 11. The number of carbonyl (C=O) groups is 2. The van der Waals surface area contributed by atoms with Gasteiger partial charge in [-0.25, -0.2) is 10.4 Å². The number of carbonyl (C=O) groups excluding carboxylic acids is 2. The van der Waals surface area contributed by atoms with Crippen LogP contribution in [0.5, 0.6) is 11.5 Å². The molecule has 0 saturated carbocycles. The zero-order valence-corrected chi connectivity index (χ0v) is 23.4. The van der Waals surface area contributed by atoms with E-state index in [0.29, 0.717) is 28.3 Å². The van der Waals surface area contributed by atoms with Crippen molar-refractivity contribution in [2.75, 3.05) is 24.4 Å². The summed E-state index contributed by atoms with van der Waals surface area (Å²) < 4.78 is 11.0. The Kier molecular flexibility index (Phi) is 9.17. The van der Waals surface area contributed by atoms with Gasteiger partial charge in [0, 0.05) is 27.8 Å². The number of hydrogen-bond acceptors (Lipinski definition) is 8. The molecule has 0 aliphatic carbocycles. The minimum absolute atomic E-state index is 0.218. The van der Waals surface area contributed by atoms with Gasteiger partial charge in [0.15, 0.2) is 11.7 Å². The Bertz CT molecular complexity index is 1690. The number of methoxy groups -OCH3 is 1. The molecule has 42 heavy (non-hydrogen) atoms. The first kappa shape index (κ1) is 28.1. The highest BCUT2D eigenvalue weighted by molar-refractivity contribution is 7.14. The molecule has 0 radical (unpaired) electrons. The zero-order valence-electron chi connectivity index (χ0n) is 22.6. The lowest BCUT2D eigenvalue weighted by atomic mass is 10.1. The quantitative estimate of drug-likeness (QED) is 0.125. The summed E-state index contributed by atoms with van der Waals surface area (Å²) >= 11 is 1.51. The molecule has 0 fully saturated rings. The van der Waals surface area contributed by atoms with Gasteiger partial charge in [-0.2, -0.15) is 5.10 Å². The highest BCUT2D eigenvalue weighted by Crippen LogP contribution is 2.27. The van der Waals surface area contributed by atoms with Crippen molar-refractivity contribution in [3.63, 3.8) is 0 Å². The molecule has 3 N–H and O–H groups in total. The number of para-hydroxylation sites is 4. The molecule has 0 aliphatic rings. The lowest BCUT2D eigenvalue weighted by molar-refractivity contribution is -0.118. The predicted octanol–water partition coefficient (Wildman–Crippen LogP) is 6.34. The highest BCUT2D eigenvalue weighted by atomic mass is 32.1. The van der Waals surface area contributed by atoms with Crippen molar-refractivity contribution in [3.05, 3.63) is 120 Å². The fraction of sp³-hybridized carbons (Fsp3) is 0.0625. The van der Waals surface area contributed by atoms with Gasteiger partial charge in [0.2, 0.25) is 0 Å². The average Bonchev–Trinajstić information content (AvgIpc) is 3.49. The molecule has 1 aromatic heterocycles. The Balaban J connectivity index is 1.15. The van der Waals surface area contributed by atoms with Gasteiger partial charge in [0.25, 0.3) is 11.8 Å². The molecule has 210 valence electrons. The van der Waals surface area contributed by atoms with Crippen molar-refractivity contribution < 1.29 is 19.1 Å². The van der Waals surface area contributed by atoms with Crippen LogP contribution < -0.4 is 25.5 Å². The van der Waals surface area contributed by atoms with E-state index in [1.54, 1.807) is 48.5 Å². The maximum atomic E-state index is 12.7. The Hall–Kier alpha value is -5.48. The molecular formula is C32H27N5O4S. The number of anilines is 3. The molecule has 0 aliphatic heterocycles. The third-order valence-electron chi connectivity index (χ3n) is 6.00. The predicted molar refractivity (Wildman–Crippen MR) is 166 cm³/mol. The minimum Gasteiger partial charge on any atom is -0.495 e. The molecule has 5 aromatic rings. The van der Waals surface area contributed by atoms with E-state index in [0.717, 1.165) is 22.1 Å². The molecule has 9 nitrogen and oxygen atoms in total. The van der Waals surface area contributed by atoms with Crippen LogP contribution in [0.4, 0.5) is 16.5 Å². The summed E-state index contributed by atoms with van der Waals surface area (Å²) in [5.74, 6) is 0.290. The van der Waals surface area contributed by atoms with Crippen LogP contribution in [-0.2, 0) is 4.79 Å². The number of hydrogen-bond donors (Lipinski definition) is 3. The highest BCUT2D eigenvalue weighted by Gasteiger charge is 2.10. The Labute approximate surface area is 246 Å². The van der Waals surface area contributed by atoms with Crippen molar-refractivity contribution in [3.8, 4) is 22.8 Å². The summed E-state index contributed by atoms with van der Waals surface area (Å²) in [6, 6.07) is 31.2. The molecule has 0 saturated heterocycles. The molecule has 0 atom stereocenters. The van der Waals surface area contributed by atoms with E-state index in [9.17, 15) is 9.59 Å². The van der Waals surface area contributed by atoms with Crippen LogP contribution in [0, 0.1) is 0 Å². The van der Waals surface area contributed by atoms with Gasteiger partial charge < -0.3 is 20.1 Å². The fourth-order valence-corrected chi connectivity index (χ4v) is 4.66. The van der Waals surface area contributed by atoms with Gasteiger partial charge in [-0.3, -0.25) is 9.59 Å². The zero-order chi connectivity index (χ0) is 29.1. The second-order valence-corrected chi connectivity index (χ2v) is 9.74. The van der Waals surface area contributed by atoms with Gasteiger partial charge in [-0.05, 0) is 48.5 Å². The van der Waals surface area contributed by atoms with Crippen molar-refractivity contribution in [2.45, 2.75) is 0 Å². The summed E-state index contributed by atoms with van der Waals surface area (Å²) in [6.45, 7) is -0.218. The third kappa shape index (κ3) is 7.38. The Morgan fingerprint density at radius 2 is 1.60 bits per heavy atom. The summed E-state index contributed by atoms with van der Waals surface area (Å²) in [5, 5.41) is 12.9. The molecule has 2 amide bonds. The molecule has 10 heteroatoms. The van der Waals surface area contributed by atoms with E-state index in [1.165, 1.54) is 24.7 Å². The van der Waals surface area contributed by atoms with E-state index in [1.807, 2.05) is 60.0 Å². The molecule has 4 aromatic carbocycles. The molecule has 1 heterocycles. The van der Waals surface area contributed by atoms with Crippen LogP contribution in [0.15, 0.2) is 114 Å². The van der Waals surface area contributed by atoms with Crippen LogP contribution in [-0.4, -0.2) is 36.7 Å². The smallest absolute Gasteiger partial charge is 0.271 e. The van der Waals surface area contributed by atoms with Crippen LogP contribution in [0.3, 0.4) is 0 Å². The number of ether oxygens (including phenoxy) is 2. The van der Waals surface area contributed by atoms with E-state index in [2.05, 4.69) is 26.1 Å². The summed E-state index contributed by atoms with van der Waals surface area (Å²) in [5.41, 5.74) is 6.81. The number of benzene rings is 4.